The minimum absolute atomic E-state index is 0.160. The Labute approximate surface area is 84.0 Å². The lowest BCUT2D eigenvalue weighted by atomic mass is 10.4. The van der Waals surface area contributed by atoms with E-state index in [2.05, 4.69) is 0 Å². The van der Waals surface area contributed by atoms with E-state index in [9.17, 15) is 4.79 Å². The van der Waals surface area contributed by atoms with Crippen LogP contribution in [-0.2, 0) is 4.74 Å². The molecule has 13 heavy (non-hydrogen) atoms. The SMILES string of the molecule is O=C(OCCCCCl)N1CCCC1. The number of ether oxygens (including phenoxy) is 1. The zero-order valence-corrected chi connectivity index (χ0v) is 8.55. The summed E-state index contributed by atoms with van der Waals surface area (Å²) in [5, 5.41) is 0. The van der Waals surface area contributed by atoms with Gasteiger partial charge in [0.1, 0.15) is 0 Å². The molecule has 1 amide bonds. The summed E-state index contributed by atoms with van der Waals surface area (Å²) in [5.74, 6) is 0.640. The van der Waals surface area contributed by atoms with Crippen LogP contribution in [0, 0.1) is 0 Å². The number of amides is 1. The highest BCUT2D eigenvalue weighted by atomic mass is 35.5. The van der Waals surface area contributed by atoms with Gasteiger partial charge in [-0.25, -0.2) is 4.79 Å². The number of carbonyl (C=O) groups excluding carboxylic acids is 1. The molecule has 0 N–H and O–H groups in total. The Morgan fingerprint density at radius 1 is 1.31 bits per heavy atom. The van der Waals surface area contributed by atoms with Gasteiger partial charge in [0, 0.05) is 19.0 Å². The molecule has 0 aliphatic carbocycles. The van der Waals surface area contributed by atoms with Gasteiger partial charge in [0.05, 0.1) is 6.61 Å². The summed E-state index contributed by atoms with van der Waals surface area (Å²) in [6.45, 7) is 2.21. The van der Waals surface area contributed by atoms with Gasteiger partial charge in [-0.1, -0.05) is 0 Å². The van der Waals surface area contributed by atoms with Crippen LogP contribution in [0.15, 0.2) is 0 Å². The standard InChI is InChI=1S/C9H16ClNO2/c10-5-1-4-8-13-9(12)11-6-2-3-7-11/h1-8H2. The monoisotopic (exact) mass is 205 g/mol. The second-order valence-corrected chi connectivity index (χ2v) is 3.58. The maximum Gasteiger partial charge on any atom is 0.409 e. The van der Waals surface area contributed by atoms with Gasteiger partial charge in [-0.15, -0.1) is 11.6 Å². The molecule has 1 aliphatic rings. The van der Waals surface area contributed by atoms with Gasteiger partial charge in [-0.05, 0) is 25.7 Å². The van der Waals surface area contributed by atoms with Crippen LogP contribution in [-0.4, -0.2) is 36.6 Å². The van der Waals surface area contributed by atoms with E-state index < -0.39 is 0 Å². The molecule has 0 spiro atoms. The number of hydrogen-bond donors (Lipinski definition) is 0. The van der Waals surface area contributed by atoms with Crippen LogP contribution in [0.25, 0.3) is 0 Å². The molecule has 0 radical (unpaired) electrons. The fraction of sp³-hybridized carbons (Fsp3) is 0.889. The molecule has 0 aromatic rings. The molecule has 1 heterocycles. The first-order chi connectivity index (χ1) is 6.34. The highest BCUT2D eigenvalue weighted by Gasteiger charge is 2.18. The van der Waals surface area contributed by atoms with Crippen LogP contribution in [0.1, 0.15) is 25.7 Å². The van der Waals surface area contributed by atoms with Crippen LogP contribution in [0.3, 0.4) is 0 Å². The molecule has 1 aliphatic heterocycles. The van der Waals surface area contributed by atoms with E-state index in [0.29, 0.717) is 12.5 Å². The summed E-state index contributed by atoms with van der Waals surface area (Å²) < 4.78 is 5.06. The molecule has 76 valence electrons. The van der Waals surface area contributed by atoms with Crippen LogP contribution < -0.4 is 0 Å². The van der Waals surface area contributed by atoms with Crippen molar-refractivity contribution in [2.75, 3.05) is 25.6 Å². The first-order valence-corrected chi connectivity index (χ1v) is 5.35. The largest absolute Gasteiger partial charge is 0.449 e. The number of likely N-dealkylation sites (tertiary alicyclic amines) is 1. The Kier molecular flexibility index (Phi) is 4.98. The molecule has 3 nitrogen and oxygen atoms in total. The number of carbonyl (C=O) groups is 1. The van der Waals surface area contributed by atoms with E-state index in [0.717, 1.165) is 38.8 Å². The van der Waals surface area contributed by atoms with Crippen molar-refractivity contribution in [2.45, 2.75) is 25.7 Å². The van der Waals surface area contributed by atoms with E-state index in [4.69, 9.17) is 16.3 Å². The number of rotatable bonds is 4. The van der Waals surface area contributed by atoms with Crippen molar-refractivity contribution >= 4 is 17.7 Å². The quantitative estimate of drug-likeness (QED) is 0.521. The van der Waals surface area contributed by atoms with Gasteiger partial charge < -0.3 is 9.64 Å². The van der Waals surface area contributed by atoms with E-state index in [1.54, 1.807) is 4.90 Å². The second-order valence-electron chi connectivity index (χ2n) is 3.20. The number of unbranched alkanes of at least 4 members (excludes halogenated alkanes) is 1. The minimum Gasteiger partial charge on any atom is -0.449 e. The summed E-state index contributed by atoms with van der Waals surface area (Å²) in [7, 11) is 0. The summed E-state index contributed by atoms with van der Waals surface area (Å²) in [4.78, 5) is 13.0. The molecule has 0 unspecified atom stereocenters. The van der Waals surface area contributed by atoms with Crippen molar-refractivity contribution in [3.05, 3.63) is 0 Å². The van der Waals surface area contributed by atoms with Gasteiger partial charge in [0.15, 0.2) is 0 Å². The van der Waals surface area contributed by atoms with E-state index in [1.807, 2.05) is 0 Å². The maximum absolute atomic E-state index is 11.3. The lowest BCUT2D eigenvalue weighted by molar-refractivity contribution is 0.109. The molecule has 0 atom stereocenters. The fourth-order valence-electron chi connectivity index (χ4n) is 1.35. The third kappa shape index (κ3) is 3.85. The normalized spacial score (nSPS) is 16.2. The molecular weight excluding hydrogens is 190 g/mol. The smallest absolute Gasteiger partial charge is 0.409 e. The van der Waals surface area contributed by atoms with Crippen LogP contribution in [0.2, 0.25) is 0 Å². The van der Waals surface area contributed by atoms with Gasteiger partial charge in [0.25, 0.3) is 0 Å². The predicted octanol–water partition coefficient (Wildman–Crippen LogP) is 2.24. The Hall–Kier alpha value is -0.440. The Balaban J connectivity index is 2.03. The molecule has 4 heteroatoms. The van der Waals surface area contributed by atoms with Gasteiger partial charge in [0.2, 0.25) is 0 Å². The van der Waals surface area contributed by atoms with Gasteiger partial charge in [-0.3, -0.25) is 0 Å². The van der Waals surface area contributed by atoms with Crippen LogP contribution in [0.5, 0.6) is 0 Å². The first-order valence-electron chi connectivity index (χ1n) is 4.82. The van der Waals surface area contributed by atoms with Gasteiger partial charge in [-0.2, -0.15) is 0 Å². The third-order valence-electron chi connectivity index (χ3n) is 2.12. The van der Waals surface area contributed by atoms with E-state index in [1.165, 1.54) is 0 Å². The Morgan fingerprint density at radius 2 is 2.00 bits per heavy atom. The lowest BCUT2D eigenvalue weighted by Gasteiger charge is -2.14. The van der Waals surface area contributed by atoms with Crippen molar-refractivity contribution in [2.24, 2.45) is 0 Å². The lowest BCUT2D eigenvalue weighted by Crippen LogP contribution is -2.28. The Bertz CT molecular complexity index is 158. The van der Waals surface area contributed by atoms with Crippen molar-refractivity contribution in [1.29, 1.82) is 0 Å². The highest BCUT2D eigenvalue weighted by Crippen LogP contribution is 2.08. The second kappa shape index (κ2) is 6.08. The maximum atomic E-state index is 11.3. The number of hydrogen-bond acceptors (Lipinski definition) is 2. The van der Waals surface area contributed by atoms with E-state index >= 15 is 0 Å². The molecular formula is C9H16ClNO2. The zero-order chi connectivity index (χ0) is 9.52. The number of halogens is 1. The summed E-state index contributed by atoms with van der Waals surface area (Å²) in [6.07, 6.45) is 3.83. The summed E-state index contributed by atoms with van der Waals surface area (Å²) in [5.41, 5.74) is 0. The molecule has 0 aromatic heterocycles. The predicted molar refractivity (Wildman–Crippen MR) is 52.1 cm³/mol. The number of alkyl halides is 1. The minimum atomic E-state index is -0.160. The molecule has 0 saturated carbocycles. The average Bonchev–Trinajstić information content (AvgIpc) is 2.65. The van der Waals surface area contributed by atoms with E-state index in [-0.39, 0.29) is 6.09 Å². The van der Waals surface area contributed by atoms with Crippen molar-refractivity contribution in [3.8, 4) is 0 Å². The Morgan fingerprint density at radius 3 is 2.62 bits per heavy atom. The molecule has 1 saturated heterocycles. The molecule has 0 aromatic carbocycles. The van der Waals surface area contributed by atoms with Crippen LogP contribution in [0.4, 0.5) is 4.79 Å². The molecule has 1 rings (SSSR count). The van der Waals surface area contributed by atoms with Crippen LogP contribution >= 0.6 is 11.6 Å². The topological polar surface area (TPSA) is 29.5 Å². The molecule has 0 bridgehead atoms. The fourth-order valence-corrected chi connectivity index (χ4v) is 1.54. The summed E-state index contributed by atoms with van der Waals surface area (Å²) in [6, 6.07) is 0. The summed E-state index contributed by atoms with van der Waals surface area (Å²) >= 11 is 5.49. The average molecular weight is 206 g/mol. The molecule has 1 fully saturated rings. The van der Waals surface area contributed by atoms with Crippen molar-refractivity contribution in [3.63, 3.8) is 0 Å². The van der Waals surface area contributed by atoms with Crippen molar-refractivity contribution < 1.29 is 9.53 Å². The first kappa shape index (κ1) is 10.6. The van der Waals surface area contributed by atoms with Crippen molar-refractivity contribution in [1.82, 2.24) is 4.90 Å². The highest BCUT2D eigenvalue weighted by molar-refractivity contribution is 6.17. The van der Waals surface area contributed by atoms with Gasteiger partial charge >= 0.3 is 6.09 Å². The number of nitrogens with zero attached hydrogens (tertiary/aromatic N) is 1. The zero-order valence-electron chi connectivity index (χ0n) is 7.80. The third-order valence-corrected chi connectivity index (χ3v) is 2.39.